The van der Waals surface area contributed by atoms with Crippen molar-refractivity contribution in [1.29, 1.82) is 0 Å². The second-order valence-corrected chi connectivity index (χ2v) is 11.5. The van der Waals surface area contributed by atoms with Crippen LogP contribution in [0, 0.1) is 18.8 Å². The van der Waals surface area contributed by atoms with Crippen LogP contribution in [0.1, 0.15) is 55.1 Å². The van der Waals surface area contributed by atoms with Crippen molar-refractivity contribution in [3.05, 3.63) is 47.8 Å². The Hall–Kier alpha value is -4.09. The predicted octanol–water partition coefficient (Wildman–Crippen LogP) is 6.34. The molecule has 0 spiro atoms. The van der Waals surface area contributed by atoms with E-state index in [-0.39, 0.29) is 5.91 Å². The SMILES string of the molecule is Cc1cc2cc(n1)-c1cnn(C)c1OCCC[C@@H](CC1CC1)Cn1c(nc3cc(N[C@@H](C)C(F)(F)F)ccc31)NC2=O. The summed E-state index contributed by atoms with van der Waals surface area (Å²) in [5.41, 5.74) is 3.91. The number of carbonyl (C=O) groups is 1. The van der Waals surface area contributed by atoms with Gasteiger partial charge in [-0.3, -0.25) is 15.1 Å². The fraction of sp³-hybridized carbons (Fsp3) is 0.467. The average molecular weight is 582 g/mol. The number of alkyl halides is 3. The molecule has 3 aromatic heterocycles. The second kappa shape index (κ2) is 11.0. The van der Waals surface area contributed by atoms with Crippen LogP contribution < -0.4 is 15.4 Å². The van der Waals surface area contributed by atoms with Gasteiger partial charge in [0.2, 0.25) is 11.8 Å². The number of aryl methyl sites for hydroxylation is 2. The molecule has 12 heteroatoms. The van der Waals surface area contributed by atoms with Gasteiger partial charge in [0.1, 0.15) is 6.04 Å². The Labute approximate surface area is 241 Å². The summed E-state index contributed by atoms with van der Waals surface area (Å²) in [7, 11) is 1.82. The molecule has 0 saturated heterocycles. The van der Waals surface area contributed by atoms with Crippen LogP contribution in [-0.2, 0) is 13.6 Å². The highest BCUT2D eigenvalue weighted by atomic mass is 19.4. The van der Waals surface area contributed by atoms with Gasteiger partial charge < -0.3 is 14.6 Å². The molecule has 1 aliphatic heterocycles. The number of halogens is 3. The van der Waals surface area contributed by atoms with E-state index in [0.29, 0.717) is 70.5 Å². The molecule has 2 aliphatic rings. The van der Waals surface area contributed by atoms with E-state index in [4.69, 9.17) is 9.72 Å². The van der Waals surface area contributed by atoms with Crippen LogP contribution in [0.3, 0.4) is 0 Å². The maximum Gasteiger partial charge on any atom is 0.408 e. The largest absolute Gasteiger partial charge is 0.477 e. The van der Waals surface area contributed by atoms with Crippen LogP contribution in [0.2, 0.25) is 0 Å². The molecule has 1 saturated carbocycles. The van der Waals surface area contributed by atoms with Crippen LogP contribution in [0.4, 0.5) is 24.8 Å². The molecule has 2 atom stereocenters. The van der Waals surface area contributed by atoms with E-state index in [0.717, 1.165) is 31.7 Å². The smallest absolute Gasteiger partial charge is 0.408 e. The van der Waals surface area contributed by atoms with Crippen LogP contribution in [0.15, 0.2) is 36.5 Å². The van der Waals surface area contributed by atoms with E-state index < -0.39 is 12.2 Å². The van der Waals surface area contributed by atoms with E-state index >= 15 is 0 Å². The summed E-state index contributed by atoms with van der Waals surface area (Å²) in [5.74, 6) is 1.60. The maximum atomic E-state index is 13.6. The fourth-order valence-corrected chi connectivity index (χ4v) is 5.62. The summed E-state index contributed by atoms with van der Waals surface area (Å²) in [6.07, 6.45) is 2.53. The number of amides is 1. The molecule has 9 nitrogen and oxygen atoms in total. The van der Waals surface area contributed by atoms with Gasteiger partial charge in [-0.15, -0.1) is 0 Å². The van der Waals surface area contributed by atoms with E-state index in [1.54, 1.807) is 41.2 Å². The summed E-state index contributed by atoms with van der Waals surface area (Å²) in [4.78, 5) is 23.0. The first kappa shape index (κ1) is 28.0. The number of hydrogen-bond acceptors (Lipinski definition) is 6. The Kier molecular flexibility index (Phi) is 7.32. The van der Waals surface area contributed by atoms with Gasteiger partial charge in [-0.05, 0) is 75.3 Å². The summed E-state index contributed by atoms with van der Waals surface area (Å²) >= 11 is 0. The van der Waals surface area contributed by atoms with Gasteiger partial charge in [0.05, 0.1) is 35.1 Å². The van der Waals surface area contributed by atoms with Crippen molar-refractivity contribution >= 4 is 28.6 Å². The predicted molar refractivity (Wildman–Crippen MR) is 154 cm³/mol. The normalized spacial score (nSPS) is 18.7. The van der Waals surface area contributed by atoms with Gasteiger partial charge in [0.15, 0.2) is 0 Å². The Balaban J connectivity index is 1.41. The first-order valence-corrected chi connectivity index (χ1v) is 14.3. The van der Waals surface area contributed by atoms with E-state index in [1.807, 2.05) is 18.5 Å². The molecule has 1 amide bonds. The molecule has 1 aromatic carbocycles. The van der Waals surface area contributed by atoms with Crippen molar-refractivity contribution < 1.29 is 22.7 Å². The lowest BCUT2D eigenvalue weighted by molar-refractivity contribution is -0.138. The number of pyridine rings is 1. The highest BCUT2D eigenvalue weighted by molar-refractivity contribution is 6.05. The highest BCUT2D eigenvalue weighted by Crippen LogP contribution is 2.38. The number of rotatable bonds is 4. The molecule has 4 heterocycles. The number of anilines is 2. The molecule has 6 rings (SSSR count). The minimum Gasteiger partial charge on any atom is -0.477 e. The van der Waals surface area contributed by atoms with Crippen molar-refractivity contribution in [2.75, 3.05) is 17.2 Å². The fourth-order valence-electron chi connectivity index (χ4n) is 5.62. The van der Waals surface area contributed by atoms with Crippen molar-refractivity contribution in [3.8, 4) is 17.1 Å². The second-order valence-electron chi connectivity index (χ2n) is 11.5. The summed E-state index contributed by atoms with van der Waals surface area (Å²) < 4.78 is 49.5. The Morgan fingerprint density at radius 1 is 1.14 bits per heavy atom. The van der Waals surface area contributed by atoms with Crippen molar-refractivity contribution in [2.45, 2.75) is 64.7 Å². The van der Waals surface area contributed by atoms with Crippen molar-refractivity contribution in [1.82, 2.24) is 24.3 Å². The molecule has 42 heavy (non-hydrogen) atoms. The number of nitrogens with one attached hydrogen (secondary N) is 2. The van der Waals surface area contributed by atoms with Gasteiger partial charge in [-0.2, -0.15) is 18.3 Å². The summed E-state index contributed by atoms with van der Waals surface area (Å²) in [6.45, 7) is 4.02. The Bertz CT molecular complexity index is 1620. The van der Waals surface area contributed by atoms with E-state index in [9.17, 15) is 18.0 Å². The zero-order valence-electron chi connectivity index (χ0n) is 23.8. The Morgan fingerprint density at radius 2 is 1.95 bits per heavy atom. The molecule has 0 unspecified atom stereocenters. The van der Waals surface area contributed by atoms with Crippen molar-refractivity contribution in [3.63, 3.8) is 0 Å². The quantitative estimate of drug-likeness (QED) is 0.292. The van der Waals surface area contributed by atoms with Gasteiger partial charge in [0.25, 0.3) is 5.91 Å². The number of fused-ring (bicyclic) bond motifs is 7. The van der Waals surface area contributed by atoms with Crippen LogP contribution >= 0.6 is 0 Å². The van der Waals surface area contributed by atoms with Gasteiger partial charge in [0, 0.05) is 30.5 Å². The third kappa shape index (κ3) is 5.93. The standard InChI is InChI=1S/C30H34F3N7O2/c1-17-11-21-13-24(35-17)23-15-34-39(3)28(23)42-10-4-5-20(12-19-6-7-19)16-40-26-9-8-22(36-18(2)30(31,32)33)14-25(26)37-29(40)38-27(21)41/h8-9,11,13-15,18-20,36H,4-7,10,12,16H2,1-3H3,(H,37,38,41)/t18-,20-/m0/s1. The zero-order valence-corrected chi connectivity index (χ0v) is 23.8. The van der Waals surface area contributed by atoms with Gasteiger partial charge >= 0.3 is 6.18 Å². The van der Waals surface area contributed by atoms with Crippen molar-refractivity contribution in [2.24, 2.45) is 18.9 Å². The van der Waals surface area contributed by atoms with Crippen LogP contribution in [-0.4, -0.2) is 49.0 Å². The summed E-state index contributed by atoms with van der Waals surface area (Å²) in [6, 6.07) is 6.69. The zero-order chi connectivity index (χ0) is 29.6. The molecule has 222 valence electrons. The molecule has 2 N–H and O–H groups in total. The van der Waals surface area contributed by atoms with E-state index in [1.165, 1.54) is 12.8 Å². The topological polar surface area (TPSA) is 98.9 Å². The molecular formula is C30H34F3N7O2. The number of nitrogens with zero attached hydrogens (tertiary/aromatic N) is 5. The molecule has 1 fully saturated rings. The molecular weight excluding hydrogens is 547 g/mol. The summed E-state index contributed by atoms with van der Waals surface area (Å²) in [5, 5.41) is 9.88. The third-order valence-corrected chi connectivity index (χ3v) is 8.02. The number of carbonyl (C=O) groups excluding carboxylic acids is 1. The monoisotopic (exact) mass is 581 g/mol. The number of aromatic nitrogens is 5. The first-order chi connectivity index (χ1) is 20.0. The first-order valence-electron chi connectivity index (χ1n) is 14.3. The third-order valence-electron chi connectivity index (χ3n) is 8.02. The molecule has 0 radical (unpaired) electrons. The van der Waals surface area contributed by atoms with Crippen LogP contribution in [0.25, 0.3) is 22.3 Å². The number of hydrogen-bond donors (Lipinski definition) is 2. The van der Waals surface area contributed by atoms with Crippen LogP contribution in [0.5, 0.6) is 5.88 Å². The van der Waals surface area contributed by atoms with Gasteiger partial charge in [-0.25, -0.2) is 9.67 Å². The Morgan fingerprint density at radius 3 is 2.71 bits per heavy atom. The number of ether oxygens (including phenoxy) is 1. The lowest BCUT2D eigenvalue weighted by atomic mass is 9.96. The number of imidazole rings is 1. The highest BCUT2D eigenvalue weighted by Gasteiger charge is 2.36. The van der Waals surface area contributed by atoms with Gasteiger partial charge in [-0.1, -0.05) is 12.8 Å². The van der Waals surface area contributed by atoms with E-state index in [2.05, 4.69) is 20.7 Å². The lowest BCUT2D eigenvalue weighted by Crippen LogP contribution is -2.33. The number of benzene rings is 1. The molecule has 2 bridgehead atoms. The minimum atomic E-state index is -4.38. The minimum absolute atomic E-state index is 0.304. The molecule has 4 aromatic rings. The maximum absolute atomic E-state index is 13.6. The molecule has 1 aliphatic carbocycles. The lowest BCUT2D eigenvalue weighted by Gasteiger charge is -2.20. The average Bonchev–Trinajstić information content (AvgIpc) is 3.58.